The van der Waals surface area contributed by atoms with E-state index in [1.807, 2.05) is 11.8 Å². The second-order valence-electron chi connectivity index (χ2n) is 3.92. The summed E-state index contributed by atoms with van der Waals surface area (Å²) >= 11 is 1.83. The van der Waals surface area contributed by atoms with Crippen molar-refractivity contribution in [2.45, 2.75) is 12.8 Å². The van der Waals surface area contributed by atoms with E-state index in [1.54, 1.807) is 0 Å². The van der Waals surface area contributed by atoms with E-state index in [2.05, 4.69) is 31.7 Å². The fourth-order valence-corrected chi connectivity index (χ4v) is 2.18. The van der Waals surface area contributed by atoms with Crippen molar-refractivity contribution in [1.82, 2.24) is 20.5 Å². The van der Waals surface area contributed by atoms with E-state index in [0.29, 0.717) is 0 Å². The zero-order valence-corrected chi connectivity index (χ0v) is 10.5. The molecule has 0 bridgehead atoms. The van der Waals surface area contributed by atoms with Crippen molar-refractivity contribution >= 4 is 17.7 Å². The third-order valence-electron chi connectivity index (χ3n) is 2.69. The minimum absolute atomic E-state index is 0.861. The predicted octanol–water partition coefficient (Wildman–Crippen LogP) is 0.510. The minimum Gasteiger partial charge on any atom is -0.338 e. The summed E-state index contributed by atoms with van der Waals surface area (Å²) in [5, 5.41) is 10.7. The Morgan fingerprint density at radius 2 is 2.31 bits per heavy atom. The van der Waals surface area contributed by atoms with Crippen LogP contribution in [0.5, 0.6) is 0 Å². The first-order valence-corrected chi connectivity index (χ1v) is 7.15. The number of hydrogen-bond donors (Lipinski definition) is 2. The van der Waals surface area contributed by atoms with Gasteiger partial charge in [0.2, 0.25) is 5.95 Å². The van der Waals surface area contributed by atoms with E-state index in [4.69, 9.17) is 0 Å². The maximum atomic E-state index is 4.53. The van der Waals surface area contributed by atoms with Gasteiger partial charge < -0.3 is 10.2 Å². The highest BCUT2D eigenvalue weighted by molar-refractivity contribution is 7.98. The third kappa shape index (κ3) is 3.12. The van der Waals surface area contributed by atoms with E-state index in [-0.39, 0.29) is 0 Å². The second-order valence-corrected chi connectivity index (χ2v) is 4.90. The van der Waals surface area contributed by atoms with Crippen LogP contribution in [0.4, 0.5) is 5.95 Å². The van der Waals surface area contributed by atoms with Crippen LogP contribution in [0.15, 0.2) is 0 Å². The smallest absolute Gasteiger partial charge is 0.244 e. The van der Waals surface area contributed by atoms with Crippen molar-refractivity contribution < 1.29 is 0 Å². The van der Waals surface area contributed by atoms with E-state index < -0.39 is 0 Å². The summed E-state index contributed by atoms with van der Waals surface area (Å²) in [4.78, 5) is 6.78. The van der Waals surface area contributed by atoms with E-state index in [9.17, 15) is 0 Å². The van der Waals surface area contributed by atoms with E-state index in [1.165, 1.54) is 0 Å². The van der Waals surface area contributed by atoms with Crippen LogP contribution in [-0.2, 0) is 6.42 Å². The highest BCUT2D eigenvalue weighted by Gasteiger charge is 2.13. The SMILES string of the molecule is CSCCc1nc(N2CCCNCC2)n[nH]1. The Bertz CT molecular complexity index is 306. The van der Waals surface area contributed by atoms with Crippen LogP contribution in [-0.4, -0.2) is 53.4 Å². The van der Waals surface area contributed by atoms with Gasteiger partial charge in [0.1, 0.15) is 5.82 Å². The van der Waals surface area contributed by atoms with Crippen LogP contribution in [0.25, 0.3) is 0 Å². The summed E-state index contributed by atoms with van der Waals surface area (Å²) in [6.45, 7) is 4.17. The topological polar surface area (TPSA) is 56.8 Å². The Kier molecular flexibility index (Phi) is 4.47. The molecule has 0 aliphatic carbocycles. The number of aromatic amines is 1. The fourth-order valence-electron chi connectivity index (χ4n) is 1.78. The molecular formula is C10H19N5S. The highest BCUT2D eigenvalue weighted by atomic mass is 32.2. The van der Waals surface area contributed by atoms with Crippen LogP contribution in [0, 0.1) is 0 Å². The van der Waals surface area contributed by atoms with Crippen LogP contribution >= 0.6 is 11.8 Å². The molecule has 0 atom stereocenters. The van der Waals surface area contributed by atoms with Crippen LogP contribution in [0.2, 0.25) is 0 Å². The molecule has 16 heavy (non-hydrogen) atoms. The Morgan fingerprint density at radius 1 is 1.38 bits per heavy atom. The maximum absolute atomic E-state index is 4.53. The number of H-pyrrole nitrogens is 1. The van der Waals surface area contributed by atoms with E-state index >= 15 is 0 Å². The molecule has 1 aliphatic heterocycles. The summed E-state index contributed by atoms with van der Waals surface area (Å²) < 4.78 is 0. The lowest BCUT2D eigenvalue weighted by molar-refractivity contribution is 0.724. The molecule has 2 N–H and O–H groups in total. The largest absolute Gasteiger partial charge is 0.338 e. The molecule has 5 nitrogen and oxygen atoms in total. The van der Waals surface area contributed by atoms with Gasteiger partial charge in [-0.3, -0.25) is 5.10 Å². The Labute approximate surface area is 100 Å². The summed E-state index contributed by atoms with van der Waals surface area (Å²) in [5.74, 6) is 2.96. The first kappa shape index (κ1) is 11.7. The molecule has 1 aromatic rings. The van der Waals surface area contributed by atoms with Crippen molar-refractivity contribution in [1.29, 1.82) is 0 Å². The number of rotatable bonds is 4. The van der Waals surface area contributed by atoms with Gasteiger partial charge in [0.25, 0.3) is 0 Å². The van der Waals surface area contributed by atoms with Crippen LogP contribution in [0.3, 0.4) is 0 Å². The lowest BCUT2D eigenvalue weighted by atomic mass is 10.4. The molecule has 90 valence electrons. The maximum Gasteiger partial charge on any atom is 0.244 e. The molecule has 1 aromatic heterocycles. The van der Waals surface area contributed by atoms with Crippen LogP contribution < -0.4 is 10.2 Å². The molecular weight excluding hydrogens is 222 g/mol. The molecule has 0 aromatic carbocycles. The summed E-state index contributed by atoms with van der Waals surface area (Å²) in [6.07, 6.45) is 4.24. The molecule has 1 aliphatic rings. The van der Waals surface area contributed by atoms with Gasteiger partial charge in [-0.05, 0) is 19.2 Å². The Morgan fingerprint density at radius 3 is 3.19 bits per heavy atom. The van der Waals surface area contributed by atoms with Crippen LogP contribution in [0.1, 0.15) is 12.2 Å². The summed E-state index contributed by atoms with van der Waals surface area (Å²) in [6, 6.07) is 0. The quantitative estimate of drug-likeness (QED) is 0.804. The van der Waals surface area contributed by atoms with Crippen molar-refractivity contribution in [2.75, 3.05) is 43.1 Å². The van der Waals surface area contributed by atoms with Crippen molar-refractivity contribution in [3.8, 4) is 0 Å². The van der Waals surface area contributed by atoms with Crippen molar-refractivity contribution in [3.05, 3.63) is 5.82 Å². The van der Waals surface area contributed by atoms with Gasteiger partial charge in [-0.2, -0.15) is 16.7 Å². The monoisotopic (exact) mass is 241 g/mol. The average Bonchev–Trinajstić information content (AvgIpc) is 2.60. The number of hydrogen-bond acceptors (Lipinski definition) is 5. The number of aromatic nitrogens is 3. The third-order valence-corrected chi connectivity index (χ3v) is 3.30. The predicted molar refractivity (Wildman–Crippen MR) is 68.2 cm³/mol. The second kappa shape index (κ2) is 6.10. The summed E-state index contributed by atoms with van der Waals surface area (Å²) in [7, 11) is 0. The number of anilines is 1. The molecule has 0 spiro atoms. The first-order valence-electron chi connectivity index (χ1n) is 5.76. The Balaban J connectivity index is 1.94. The minimum atomic E-state index is 0.861. The van der Waals surface area contributed by atoms with Gasteiger partial charge >= 0.3 is 0 Å². The van der Waals surface area contributed by atoms with Crippen molar-refractivity contribution in [3.63, 3.8) is 0 Å². The molecule has 1 saturated heterocycles. The number of nitrogens with one attached hydrogen (secondary N) is 2. The molecule has 6 heteroatoms. The molecule has 0 amide bonds. The number of aryl methyl sites for hydroxylation is 1. The lowest BCUT2D eigenvalue weighted by Crippen LogP contribution is -2.28. The zero-order chi connectivity index (χ0) is 11.2. The number of nitrogens with zero attached hydrogens (tertiary/aromatic N) is 3. The molecule has 2 heterocycles. The van der Waals surface area contributed by atoms with Gasteiger partial charge in [0, 0.05) is 31.8 Å². The normalized spacial score (nSPS) is 17.4. The van der Waals surface area contributed by atoms with Gasteiger partial charge in [-0.25, -0.2) is 0 Å². The average molecular weight is 241 g/mol. The molecule has 2 rings (SSSR count). The molecule has 0 unspecified atom stereocenters. The highest BCUT2D eigenvalue weighted by Crippen LogP contribution is 2.09. The van der Waals surface area contributed by atoms with Gasteiger partial charge in [0.05, 0.1) is 0 Å². The number of thioether (sulfide) groups is 1. The molecule has 0 saturated carbocycles. The van der Waals surface area contributed by atoms with Crippen molar-refractivity contribution in [2.24, 2.45) is 0 Å². The molecule has 1 fully saturated rings. The van der Waals surface area contributed by atoms with Gasteiger partial charge in [-0.1, -0.05) is 0 Å². The first-order chi connectivity index (χ1) is 7.90. The van der Waals surface area contributed by atoms with Gasteiger partial charge in [-0.15, -0.1) is 5.10 Å². The molecule has 0 radical (unpaired) electrons. The fraction of sp³-hybridized carbons (Fsp3) is 0.800. The zero-order valence-electron chi connectivity index (χ0n) is 9.70. The standard InChI is InChI=1S/C10H19N5S/c1-16-8-3-9-12-10(14-13-9)15-6-2-4-11-5-7-15/h11H,2-8H2,1H3,(H,12,13,14). The van der Waals surface area contributed by atoms with Gasteiger partial charge in [0.15, 0.2) is 0 Å². The Hall–Kier alpha value is -0.750. The summed E-state index contributed by atoms with van der Waals surface area (Å²) in [5.41, 5.74) is 0. The van der Waals surface area contributed by atoms with E-state index in [0.717, 1.165) is 56.5 Å². The lowest BCUT2D eigenvalue weighted by Gasteiger charge is -2.16.